The Kier molecular flexibility index (Phi) is 3.78. The molecule has 0 aliphatic heterocycles. The van der Waals surface area contributed by atoms with Crippen molar-refractivity contribution >= 4 is 11.0 Å². The molecule has 1 fully saturated rings. The van der Waals surface area contributed by atoms with E-state index in [2.05, 4.69) is 43.7 Å². The summed E-state index contributed by atoms with van der Waals surface area (Å²) in [6.07, 6.45) is 6.49. The van der Waals surface area contributed by atoms with Crippen molar-refractivity contribution in [3.05, 3.63) is 29.6 Å². The van der Waals surface area contributed by atoms with Gasteiger partial charge in [-0.25, -0.2) is 4.98 Å². The number of benzene rings is 1. The Bertz CT molecular complexity index is 633. The summed E-state index contributed by atoms with van der Waals surface area (Å²) in [5, 5.41) is 0. The van der Waals surface area contributed by atoms with Crippen LogP contribution >= 0.6 is 0 Å². The third kappa shape index (κ3) is 2.48. The van der Waals surface area contributed by atoms with Gasteiger partial charge in [-0.3, -0.25) is 0 Å². The fourth-order valence-electron chi connectivity index (χ4n) is 4.19. The number of imidazole rings is 1. The predicted octanol–water partition coefficient (Wildman–Crippen LogP) is 3.89. The van der Waals surface area contributed by atoms with Crippen LogP contribution in [0.2, 0.25) is 0 Å². The topological polar surface area (TPSA) is 43.8 Å². The zero-order valence-corrected chi connectivity index (χ0v) is 13.5. The molecule has 21 heavy (non-hydrogen) atoms. The molecular formula is C18H27N3. The first kappa shape index (κ1) is 14.6. The van der Waals surface area contributed by atoms with Crippen LogP contribution in [0.3, 0.4) is 0 Å². The molecule has 1 heterocycles. The molecule has 0 amide bonds. The molecule has 0 saturated heterocycles. The molecule has 114 valence electrons. The highest BCUT2D eigenvalue weighted by Gasteiger charge is 2.39. The molecule has 1 aromatic carbocycles. The normalized spacial score (nSPS) is 18.0. The first-order chi connectivity index (χ1) is 10.1. The molecule has 0 spiro atoms. The molecule has 1 aromatic heterocycles. The Hall–Kier alpha value is -1.35. The third-order valence-electron chi connectivity index (χ3n) is 5.01. The fourth-order valence-corrected chi connectivity index (χ4v) is 4.19. The van der Waals surface area contributed by atoms with Crippen LogP contribution in [0.15, 0.2) is 18.2 Å². The van der Waals surface area contributed by atoms with E-state index in [-0.39, 0.29) is 5.41 Å². The first-order valence-corrected chi connectivity index (χ1v) is 8.22. The molecule has 0 atom stereocenters. The van der Waals surface area contributed by atoms with Crippen LogP contribution in [0.1, 0.15) is 57.3 Å². The molecule has 0 radical (unpaired) electrons. The van der Waals surface area contributed by atoms with E-state index in [9.17, 15) is 0 Å². The molecule has 3 nitrogen and oxygen atoms in total. The maximum atomic E-state index is 5.78. The molecule has 3 rings (SSSR count). The molecule has 0 unspecified atom stereocenters. The van der Waals surface area contributed by atoms with Gasteiger partial charge in [0.15, 0.2) is 0 Å². The van der Waals surface area contributed by atoms with E-state index < -0.39 is 0 Å². The van der Waals surface area contributed by atoms with Gasteiger partial charge >= 0.3 is 0 Å². The Morgan fingerprint density at radius 2 is 2.00 bits per heavy atom. The first-order valence-electron chi connectivity index (χ1n) is 8.22. The summed E-state index contributed by atoms with van der Waals surface area (Å²) in [5.41, 5.74) is 9.58. The summed E-state index contributed by atoms with van der Waals surface area (Å²) in [6, 6.07) is 6.42. The molecule has 0 bridgehead atoms. The monoisotopic (exact) mass is 285 g/mol. The van der Waals surface area contributed by atoms with Crippen molar-refractivity contribution in [3.63, 3.8) is 0 Å². The van der Waals surface area contributed by atoms with Gasteiger partial charge in [0.25, 0.3) is 0 Å². The van der Waals surface area contributed by atoms with E-state index in [1.807, 2.05) is 0 Å². The summed E-state index contributed by atoms with van der Waals surface area (Å²) in [5.74, 6) is 2.00. The highest BCUT2D eigenvalue weighted by Crippen LogP contribution is 2.45. The number of aromatic nitrogens is 2. The van der Waals surface area contributed by atoms with Crippen LogP contribution in [-0.4, -0.2) is 9.55 Å². The van der Waals surface area contributed by atoms with E-state index in [0.29, 0.717) is 12.5 Å². The van der Waals surface area contributed by atoms with Crippen molar-refractivity contribution in [2.75, 3.05) is 0 Å². The maximum absolute atomic E-state index is 5.78. The lowest BCUT2D eigenvalue weighted by Gasteiger charge is -2.30. The fraction of sp³-hybridized carbons (Fsp3) is 0.611. The highest BCUT2D eigenvalue weighted by molar-refractivity contribution is 5.77. The number of hydrogen-bond acceptors (Lipinski definition) is 2. The van der Waals surface area contributed by atoms with Crippen molar-refractivity contribution in [2.24, 2.45) is 18.7 Å². The standard InChI is InChI=1S/C18H27N3/c1-13(2)11-18(8-4-5-9-18)17-20-15-7-6-14(12-19)10-16(15)21(17)3/h6-7,10,13H,4-5,8-9,11-12,19H2,1-3H3. The lowest BCUT2D eigenvalue weighted by Crippen LogP contribution is -2.28. The van der Waals surface area contributed by atoms with Crippen molar-refractivity contribution in [1.82, 2.24) is 9.55 Å². The number of hydrogen-bond donors (Lipinski definition) is 1. The molecule has 3 heteroatoms. The van der Waals surface area contributed by atoms with Crippen molar-refractivity contribution in [3.8, 4) is 0 Å². The summed E-state index contributed by atoms with van der Waals surface area (Å²) >= 11 is 0. The lowest BCUT2D eigenvalue weighted by atomic mass is 9.77. The second-order valence-corrected chi connectivity index (χ2v) is 7.11. The van der Waals surface area contributed by atoms with Crippen molar-refractivity contribution in [2.45, 2.75) is 57.9 Å². The smallest absolute Gasteiger partial charge is 0.115 e. The van der Waals surface area contributed by atoms with Gasteiger partial charge in [0.2, 0.25) is 0 Å². The van der Waals surface area contributed by atoms with E-state index in [1.54, 1.807) is 0 Å². The quantitative estimate of drug-likeness (QED) is 0.926. The summed E-state index contributed by atoms with van der Waals surface area (Å²) in [7, 11) is 2.17. The maximum Gasteiger partial charge on any atom is 0.115 e. The zero-order chi connectivity index (χ0) is 15.0. The number of aryl methyl sites for hydroxylation is 1. The van der Waals surface area contributed by atoms with Gasteiger partial charge in [-0.05, 0) is 42.9 Å². The number of fused-ring (bicyclic) bond motifs is 1. The van der Waals surface area contributed by atoms with Gasteiger partial charge < -0.3 is 10.3 Å². The van der Waals surface area contributed by atoms with Crippen molar-refractivity contribution in [1.29, 1.82) is 0 Å². The molecule has 1 saturated carbocycles. The molecule has 1 aliphatic carbocycles. The zero-order valence-electron chi connectivity index (χ0n) is 13.5. The lowest BCUT2D eigenvalue weighted by molar-refractivity contribution is 0.323. The Morgan fingerprint density at radius 1 is 1.29 bits per heavy atom. The van der Waals surface area contributed by atoms with E-state index in [1.165, 1.54) is 49.0 Å². The molecular weight excluding hydrogens is 258 g/mol. The van der Waals surface area contributed by atoms with Gasteiger partial charge in [-0.15, -0.1) is 0 Å². The third-order valence-corrected chi connectivity index (χ3v) is 5.01. The molecule has 2 aromatic rings. The van der Waals surface area contributed by atoms with Crippen LogP contribution in [0.5, 0.6) is 0 Å². The second-order valence-electron chi connectivity index (χ2n) is 7.11. The van der Waals surface area contributed by atoms with Crippen LogP contribution in [0.25, 0.3) is 11.0 Å². The van der Waals surface area contributed by atoms with Gasteiger partial charge in [0.1, 0.15) is 5.82 Å². The van der Waals surface area contributed by atoms with Crippen molar-refractivity contribution < 1.29 is 0 Å². The van der Waals surface area contributed by atoms with Crippen LogP contribution in [0, 0.1) is 5.92 Å². The van der Waals surface area contributed by atoms with E-state index in [0.717, 1.165) is 5.52 Å². The minimum Gasteiger partial charge on any atom is -0.331 e. The van der Waals surface area contributed by atoms with Crippen LogP contribution in [0.4, 0.5) is 0 Å². The Balaban J connectivity index is 2.12. The van der Waals surface area contributed by atoms with Crippen LogP contribution in [-0.2, 0) is 19.0 Å². The minimum absolute atomic E-state index is 0.283. The molecule has 1 aliphatic rings. The number of nitrogens with zero attached hydrogens (tertiary/aromatic N) is 2. The Morgan fingerprint density at radius 3 is 2.62 bits per heavy atom. The van der Waals surface area contributed by atoms with E-state index >= 15 is 0 Å². The number of nitrogens with two attached hydrogens (primary N) is 1. The predicted molar refractivity (Wildman–Crippen MR) is 88.2 cm³/mol. The van der Waals surface area contributed by atoms with Gasteiger partial charge in [0, 0.05) is 19.0 Å². The highest BCUT2D eigenvalue weighted by atomic mass is 15.1. The Labute approximate surface area is 127 Å². The van der Waals surface area contributed by atoms with Gasteiger partial charge in [0.05, 0.1) is 11.0 Å². The summed E-state index contributed by atoms with van der Waals surface area (Å²) < 4.78 is 2.32. The summed E-state index contributed by atoms with van der Waals surface area (Å²) in [6.45, 7) is 5.25. The average Bonchev–Trinajstić information content (AvgIpc) is 3.04. The van der Waals surface area contributed by atoms with Gasteiger partial charge in [-0.2, -0.15) is 0 Å². The number of rotatable bonds is 4. The second kappa shape index (κ2) is 5.45. The largest absolute Gasteiger partial charge is 0.331 e. The minimum atomic E-state index is 0.283. The summed E-state index contributed by atoms with van der Waals surface area (Å²) in [4.78, 5) is 5.02. The SMILES string of the molecule is CC(C)CC1(c2nc3ccc(CN)cc3n2C)CCCC1. The average molecular weight is 285 g/mol. The van der Waals surface area contributed by atoms with Crippen LogP contribution < -0.4 is 5.73 Å². The van der Waals surface area contributed by atoms with E-state index in [4.69, 9.17) is 10.7 Å². The molecule has 2 N–H and O–H groups in total. The van der Waals surface area contributed by atoms with Gasteiger partial charge in [-0.1, -0.05) is 32.8 Å².